The predicted octanol–water partition coefficient (Wildman–Crippen LogP) is 6.57. The number of nitrogens with one attached hydrogen (secondary N) is 2. The summed E-state index contributed by atoms with van der Waals surface area (Å²) in [5, 5.41) is 3.69. The zero-order valence-corrected chi connectivity index (χ0v) is 26.1. The van der Waals surface area contributed by atoms with Crippen LogP contribution in [0.2, 0.25) is 0 Å². The second kappa shape index (κ2) is 8.64. The summed E-state index contributed by atoms with van der Waals surface area (Å²) in [5.41, 5.74) is 6.97. The van der Waals surface area contributed by atoms with Gasteiger partial charge in [-0.15, -0.1) is 0 Å². The van der Waals surface area contributed by atoms with E-state index in [9.17, 15) is 0 Å². The number of pyridine rings is 1. The Labute approximate surface area is 252 Å². The van der Waals surface area contributed by atoms with Crippen molar-refractivity contribution in [3.63, 3.8) is 0 Å². The highest BCUT2D eigenvalue weighted by Crippen LogP contribution is 2.55. The Morgan fingerprint density at radius 1 is 0.912 bits per heavy atom. The Kier molecular flexibility index (Phi) is 5.99. The molecule has 9 heteroatoms. The summed E-state index contributed by atoms with van der Waals surface area (Å²) in [6, 6.07) is 10.3. The van der Waals surface area contributed by atoms with E-state index in [1.165, 1.54) is 0 Å². The summed E-state index contributed by atoms with van der Waals surface area (Å²) in [6.07, 6.45) is 18.9. The van der Waals surface area contributed by atoms with Crippen LogP contribution in [-0.2, 0) is 3.42 Å². The fourth-order valence-corrected chi connectivity index (χ4v) is 7.88. The fraction of sp³-hybridized carbons (Fsp3) is 0.160. The third-order valence-electron chi connectivity index (χ3n) is 6.11. The summed E-state index contributed by atoms with van der Waals surface area (Å²) in [5.74, 6) is 0. The molecule has 2 aromatic rings. The van der Waals surface area contributed by atoms with Crippen molar-refractivity contribution < 1.29 is 0 Å². The maximum absolute atomic E-state index is 5.36. The smallest absolute Gasteiger partial charge is 0.156 e. The maximum atomic E-state index is 5.36. The van der Waals surface area contributed by atoms with E-state index in [4.69, 9.17) is 15.0 Å². The van der Waals surface area contributed by atoms with Crippen LogP contribution in [0.4, 0.5) is 0 Å². The first-order chi connectivity index (χ1) is 16.3. The minimum absolute atomic E-state index is 0.119. The van der Waals surface area contributed by atoms with Gasteiger partial charge in [0, 0.05) is 23.3 Å². The number of hydrogen-bond acceptors (Lipinski definition) is 4. The van der Waals surface area contributed by atoms with Gasteiger partial charge in [-0.25, -0.2) is 4.99 Å². The number of alkyl halides is 4. The quantitative estimate of drug-likeness (QED) is 0.194. The summed E-state index contributed by atoms with van der Waals surface area (Å²) >= 11 is 10.0. The molecule has 0 radical (unpaired) electrons. The third kappa shape index (κ3) is 3.83. The number of nitrogens with zero attached hydrogens (tertiary/aromatic N) is 3. The van der Waals surface area contributed by atoms with Crippen LogP contribution in [-0.4, -0.2) is 32.4 Å². The molecule has 8 bridgehead atoms. The van der Waals surface area contributed by atoms with Crippen LogP contribution in [0.25, 0.3) is 6.08 Å². The first kappa shape index (κ1) is 23.6. The van der Waals surface area contributed by atoms with Gasteiger partial charge in [-0.05, 0) is 118 Å². The second-order valence-electron chi connectivity index (χ2n) is 8.37. The van der Waals surface area contributed by atoms with E-state index in [1.54, 1.807) is 0 Å². The van der Waals surface area contributed by atoms with Crippen LogP contribution in [0.1, 0.15) is 17.1 Å². The maximum Gasteiger partial charge on any atom is 0.156 e. The molecule has 4 unspecified atom stereocenters. The average Bonchev–Trinajstić information content (AvgIpc) is 3.63. The lowest BCUT2D eigenvalue weighted by molar-refractivity contribution is 0.625. The molecule has 0 saturated carbocycles. The van der Waals surface area contributed by atoms with Crippen molar-refractivity contribution >= 4 is 108 Å². The molecule has 4 aliphatic heterocycles. The minimum Gasteiger partial charge on any atom is -0.366 e. The normalized spacial score (nSPS) is 33.4. The average molecular weight is 895 g/mol. The number of allylic oxidation sites excluding steroid dienone is 5. The van der Waals surface area contributed by atoms with E-state index in [0.717, 1.165) is 39.9 Å². The number of halogens is 4. The molecule has 6 heterocycles. The van der Waals surface area contributed by atoms with E-state index in [-0.39, 0.29) is 7.47 Å². The van der Waals surface area contributed by atoms with Crippen molar-refractivity contribution in [2.75, 3.05) is 0 Å². The van der Waals surface area contributed by atoms with E-state index in [0.29, 0.717) is 0 Å². The lowest BCUT2D eigenvalue weighted by Crippen LogP contribution is -2.45. The standard InChI is InChI=1S/C25H17I4N5/c26-22-19-9-11-24(28,34-19)25(29,20-3-1-2-12-30-20)21-7-6-17(32-21)13-15-4-5-16(31-15)14-18-8-10-23(22,27)33-18/h1-14,22,32-33H. The van der Waals surface area contributed by atoms with Crippen molar-refractivity contribution in [3.05, 3.63) is 108 Å². The molecule has 0 aromatic carbocycles. The van der Waals surface area contributed by atoms with Crippen LogP contribution >= 0.6 is 90.4 Å². The topological polar surface area (TPSA) is 65.4 Å². The minimum atomic E-state index is -0.558. The highest BCUT2D eigenvalue weighted by atomic mass is 127. The van der Waals surface area contributed by atoms with Gasteiger partial charge < -0.3 is 10.3 Å². The van der Waals surface area contributed by atoms with E-state index < -0.39 is 6.97 Å². The number of fused-ring (bicyclic) bond motifs is 6. The third-order valence-corrected chi connectivity index (χ3v) is 14.6. The molecule has 0 aliphatic carbocycles. The number of aromatic nitrogens is 2. The van der Waals surface area contributed by atoms with Gasteiger partial charge in [0.05, 0.1) is 26.7 Å². The van der Waals surface area contributed by atoms with E-state index in [1.807, 2.05) is 24.4 Å². The molecule has 0 fully saturated rings. The number of H-pyrrole nitrogens is 1. The fourth-order valence-electron chi connectivity index (χ4n) is 4.40. The zero-order chi connectivity index (χ0) is 23.6. The van der Waals surface area contributed by atoms with Crippen LogP contribution in [0.3, 0.4) is 0 Å². The van der Waals surface area contributed by atoms with Gasteiger partial charge in [-0.3, -0.25) is 9.98 Å². The molecule has 2 N–H and O–H groups in total. The summed E-state index contributed by atoms with van der Waals surface area (Å²) < 4.78 is -1.27. The summed E-state index contributed by atoms with van der Waals surface area (Å²) in [6.45, 7) is 0. The SMILES string of the molecule is IC1C2=NC(I)(C=C2)C(I)(c2ccccn2)c2ccc([nH]2)C=C2C=CC(=N2)C=C2C=CC1(I)N2. The number of aromatic amines is 1. The van der Waals surface area contributed by atoms with Crippen molar-refractivity contribution in [2.45, 2.75) is 14.4 Å². The molecule has 2 aromatic heterocycles. The molecule has 4 atom stereocenters. The first-order valence-corrected chi connectivity index (χ1v) is 15.1. The Hall–Kier alpha value is -0.810. The Bertz CT molecular complexity index is 1400. The first-order valence-electron chi connectivity index (χ1n) is 10.6. The van der Waals surface area contributed by atoms with Crippen LogP contribution in [0.5, 0.6) is 0 Å². The highest BCUT2D eigenvalue weighted by molar-refractivity contribution is 14.1. The van der Waals surface area contributed by atoms with Crippen LogP contribution in [0, 0.1) is 0 Å². The number of aliphatic imine (C=N–C) groups is 2. The van der Waals surface area contributed by atoms with Gasteiger partial charge in [0.2, 0.25) is 0 Å². The van der Waals surface area contributed by atoms with Gasteiger partial charge >= 0.3 is 0 Å². The van der Waals surface area contributed by atoms with Crippen LogP contribution in [0.15, 0.2) is 100 Å². The molecule has 170 valence electrons. The molecule has 0 spiro atoms. The zero-order valence-electron chi connectivity index (χ0n) is 17.5. The van der Waals surface area contributed by atoms with Crippen molar-refractivity contribution in [3.8, 4) is 0 Å². The van der Waals surface area contributed by atoms with Crippen molar-refractivity contribution in [1.82, 2.24) is 15.3 Å². The van der Waals surface area contributed by atoms with Gasteiger partial charge in [0.15, 0.2) is 3.55 Å². The van der Waals surface area contributed by atoms with E-state index >= 15 is 0 Å². The van der Waals surface area contributed by atoms with Crippen molar-refractivity contribution in [1.29, 1.82) is 0 Å². The summed E-state index contributed by atoms with van der Waals surface area (Å²) in [7, 11) is 0. The number of hydrogen-bond donors (Lipinski definition) is 2. The molecule has 6 rings (SSSR count). The lowest BCUT2D eigenvalue weighted by atomic mass is 9.92. The highest BCUT2D eigenvalue weighted by Gasteiger charge is 2.54. The molecule has 0 saturated heterocycles. The lowest BCUT2D eigenvalue weighted by Gasteiger charge is -2.37. The van der Waals surface area contributed by atoms with Gasteiger partial charge in [-0.2, -0.15) is 0 Å². The Morgan fingerprint density at radius 2 is 1.79 bits per heavy atom. The summed E-state index contributed by atoms with van der Waals surface area (Å²) in [4.78, 5) is 18.6. The monoisotopic (exact) mass is 895 g/mol. The van der Waals surface area contributed by atoms with Gasteiger partial charge in [0.25, 0.3) is 0 Å². The van der Waals surface area contributed by atoms with Gasteiger partial charge in [0.1, 0.15) is 6.97 Å². The van der Waals surface area contributed by atoms with E-state index in [2.05, 4.69) is 161 Å². The molecule has 5 nitrogen and oxygen atoms in total. The molecule has 34 heavy (non-hydrogen) atoms. The molecule has 0 amide bonds. The predicted molar refractivity (Wildman–Crippen MR) is 173 cm³/mol. The second-order valence-corrected chi connectivity index (χ2v) is 14.7. The Morgan fingerprint density at radius 3 is 2.62 bits per heavy atom. The number of rotatable bonds is 1. The molecular formula is C25H17I4N5. The van der Waals surface area contributed by atoms with Crippen molar-refractivity contribution in [2.24, 2.45) is 9.98 Å². The Balaban J connectivity index is 1.57. The molecular weight excluding hydrogens is 878 g/mol. The molecule has 4 aliphatic rings. The van der Waals surface area contributed by atoms with Gasteiger partial charge in [-0.1, -0.05) is 51.2 Å². The van der Waals surface area contributed by atoms with Crippen LogP contribution < -0.4 is 5.32 Å². The largest absolute Gasteiger partial charge is 0.366 e.